The lowest BCUT2D eigenvalue weighted by atomic mass is 10.0. The molecule has 6 nitrogen and oxygen atoms in total. The molecule has 1 N–H and O–H groups in total. The molecule has 1 saturated heterocycles. The summed E-state index contributed by atoms with van der Waals surface area (Å²) in [6.45, 7) is 3.76. The van der Waals surface area contributed by atoms with Crippen LogP contribution in [0.4, 0.5) is 10.8 Å². The largest absolute Gasteiger partial charge is 0.347 e. The van der Waals surface area contributed by atoms with Gasteiger partial charge in [-0.25, -0.2) is 4.98 Å². The van der Waals surface area contributed by atoms with Crippen LogP contribution in [0.25, 0.3) is 0 Å². The Hall–Kier alpha value is -3.03. The fourth-order valence-corrected chi connectivity index (χ4v) is 4.32. The van der Waals surface area contributed by atoms with E-state index in [2.05, 4.69) is 20.1 Å². The van der Waals surface area contributed by atoms with E-state index < -0.39 is 0 Å². The van der Waals surface area contributed by atoms with Crippen LogP contribution >= 0.6 is 11.3 Å². The summed E-state index contributed by atoms with van der Waals surface area (Å²) >= 11 is 1.64. The molecule has 1 aliphatic heterocycles. The molecule has 30 heavy (non-hydrogen) atoms. The van der Waals surface area contributed by atoms with E-state index in [9.17, 15) is 9.59 Å². The highest BCUT2D eigenvalue weighted by atomic mass is 32.1. The SMILES string of the molecule is O=C(CN1CCCN(c2nccs2)CC1)Nc1ccccc1C(=O)c1ccccc1. The minimum atomic E-state index is -0.106. The number of amides is 1. The van der Waals surface area contributed by atoms with Crippen LogP contribution in [0, 0.1) is 0 Å². The predicted molar refractivity (Wildman–Crippen MR) is 120 cm³/mol. The summed E-state index contributed by atoms with van der Waals surface area (Å²) in [6.07, 6.45) is 2.81. The van der Waals surface area contributed by atoms with Crippen molar-refractivity contribution in [1.29, 1.82) is 0 Å². The molecule has 0 radical (unpaired) electrons. The molecular weight excluding hydrogens is 396 g/mol. The van der Waals surface area contributed by atoms with Crippen molar-refractivity contribution >= 4 is 33.8 Å². The Balaban J connectivity index is 1.38. The van der Waals surface area contributed by atoms with Crippen LogP contribution < -0.4 is 10.2 Å². The standard InChI is InChI=1S/C23H24N4O2S/c28-21(17-26-12-6-13-27(15-14-26)23-24-11-16-30-23)25-20-10-5-4-9-19(20)22(29)18-7-2-1-3-8-18/h1-5,7-11,16H,6,12-15,17H2,(H,25,28). The number of nitrogens with zero attached hydrogens (tertiary/aromatic N) is 3. The summed E-state index contributed by atoms with van der Waals surface area (Å²) in [5.41, 5.74) is 1.66. The van der Waals surface area contributed by atoms with E-state index in [1.165, 1.54) is 0 Å². The maximum atomic E-state index is 12.9. The van der Waals surface area contributed by atoms with Crippen LogP contribution in [-0.4, -0.2) is 54.3 Å². The molecular formula is C23H24N4O2S. The van der Waals surface area contributed by atoms with Gasteiger partial charge in [-0.1, -0.05) is 42.5 Å². The van der Waals surface area contributed by atoms with Gasteiger partial charge in [-0.2, -0.15) is 0 Å². The van der Waals surface area contributed by atoms with Crippen molar-refractivity contribution in [1.82, 2.24) is 9.88 Å². The Morgan fingerprint density at radius 1 is 0.967 bits per heavy atom. The Morgan fingerprint density at radius 2 is 1.77 bits per heavy atom. The third kappa shape index (κ3) is 4.93. The van der Waals surface area contributed by atoms with Crippen LogP contribution in [0.5, 0.6) is 0 Å². The van der Waals surface area contributed by atoms with Crippen molar-refractivity contribution in [2.45, 2.75) is 6.42 Å². The van der Waals surface area contributed by atoms with Crippen molar-refractivity contribution in [3.8, 4) is 0 Å². The van der Waals surface area contributed by atoms with Gasteiger partial charge in [-0.3, -0.25) is 14.5 Å². The highest BCUT2D eigenvalue weighted by Crippen LogP contribution is 2.21. The van der Waals surface area contributed by atoms with E-state index in [4.69, 9.17) is 0 Å². The molecule has 4 rings (SSSR count). The van der Waals surface area contributed by atoms with E-state index >= 15 is 0 Å². The van der Waals surface area contributed by atoms with Crippen LogP contribution in [0.3, 0.4) is 0 Å². The average molecular weight is 421 g/mol. The molecule has 1 aromatic heterocycles. The fraction of sp³-hybridized carbons (Fsp3) is 0.261. The molecule has 154 valence electrons. The van der Waals surface area contributed by atoms with Gasteiger partial charge in [0, 0.05) is 48.9 Å². The minimum absolute atomic E-state index is 0.0969. The highest BCUT2D eigenvalue weighted by molar-refractivity contribution is 7.13. The lowest BCUT2D eigenvalue weighted by Crippen LogP contribution is -2.36. The summed E-state index contributed by atoms with van der Waals surface area (Å²) in [6, 6.07) is 16.3. The van der Waals surface area contributed by atoms with Crippen molar-refractivity contribution in [2.24, 2.45) is 0 Å². The summed E-state index contributed by atoms with van der Waals surface area (Å²) in [7, 11) is 0. The summed E-state index contributed by atoms with van der Waals surface area (Å²) in [5, 5.41) is 5.96. The van der Waals surface area contributed by atoms with Gasteiger partial charge in [0.25, 0.3) is 0 Å². The lowest BCUT2D eigenvalue weighted by molar-refractivity contribution is -0.117. The number of hydrogen-bond donors (Lipinski definition) is 1. The lowest BCUT2D eigenvalue weighted by Gasteiger charge is -2.21. The number of nitrogens with one attached hydrogen (secondary N) is 1. The van der Waals surface area contributed by atoms with Crippen molar-refractivity contribution < 1.29 is 9.59 Å². The monoisotopic (exact) mass is 420 g/mol. The number of aromatic nitrogens is 1. The molecule has 0 unspecified atom stereocenters. The average Bonchev–Trinajstić information content (AvgIpc) is 3.21. The molecule has 0 bridgehead atoms. The van der Waals surface area contributed by atoms with Gasteiger partial charge in [-0.05, 0) is 18.6 Å². The maximum absolute atomic E-state index is 12.9. The molecule has 0 saturated carbocycles. The molecule has 1 aliphatic rings. The first-order valence-electron chi connectivity index (χ1n) is 10.1. The van der Waals surface area contributed by atoms with Gasteiger partial charge in [0.15, 0.2) is 10.9 Å². The fourth-order valence-electron chi connectivity index (χ4n) is 3.62. The Kier molecular flexibility index (Phi) is 6.51. The zero-order chi connectivity index (χ0) is 20.8. The molecule has 0 aliphatic carbocycles. The minimum Gasteiger partial charge on any atom is -0.347 e. The maximum Gasteiger partial charge on any atom is 0.238 e. The zero-order valence-electron chi connectivity index (χ0n) is 16.7. The quantitative estimate of drug-likeness (QED) is 0.618. The van der Waals surface area contributed by atoms with Gasteiger partial charge in [0.1, 0.15) is 0 Å². The Bertz CT molecular complexity index is 991. The number of anilines is 2. The number of rotatable bonds is 6. The smallest absolute Gasteiger partial charge is 0.238 e. The normalized spacial score (nSPS) is 14.9. The van der Waals surface area contributed by atoms with E-state index in [1.807, 2.05) is 41.9 Å². The number of benzene rings is 2. The van der Waals surface area contributed by atoms with Gasteiger partial charge in [-0.15, -0.1) is 11.3 Å². The third-order valence-corrected chi connectivity index (χ3v) is 5.96. The van der Waals surface area contributed by atoms with E-state index in [1.54, 1.807) is 35.6 Å². The molecule has 0 spiro atoms. The molecule has 7 heteroatoms. The number of carbonyl (C=O) groups excluding carboxylic acids is 2. The second-order valence-electron chi connectivity index (χ2n) is 7.22. The zero-order valence-corrected chi connectivity index (χ0v) is 17.5. The van der Waals surface area contributed by atoms with Crippen molar-refractivity contribution in [2.75, 3.05) is 42.9 Å². The number of ketones is 1. The van der Waals surface area contributed by atoms with Gasteiger partial charge in [0.05, 0.1) is 12.2 Å². The second kappa shape index (κ2) is 9.65. The molecule has 2 heterocycles. The summed E-state index contributed by atoms with van der Waals surface area (Å²) < 4.78 is 0. The molecule has 1 fully saturated rings. The van der Waals surface area contributed by atoms with Gasteiger partial charge >= 0.3 is 0 Å². The molecule has 2 aromatic carbocycles. The topological polar surface area (TPSA) is 65.5 Å². The van der Waals surface area contributed by atoms with Crippen molar-refractivity contribution in [3.63, 3.8) is 0 Å². The highest BCUT2D eigenvalue weighted by Gasteiger charge is 2.20. The Morgan fingerprint density at radius 3 is 2.57 bits per heavy atom. The van der Waals surface area contributed by atoms with Gasteiger partial charge < -0.3 is 10.2 Å². The summed E-state index contributed by atoms with van der Waals surface area (Å²) in [5.74, 6) is -0.202. The molecule has 0 atom stereocenters. The number of carbonyl (C=O) groups is 2. The first kappa shape index (κ1) is 20.3. The number of hydrogen-bond acceptors (Lipinski definition) is 6. The first-order chi connectivity index (χ1) is 14.7. The predicted octanol–water partition coefficient (Wildman–Crippen LogP) is 3.52. The molecule has 3 aromatic rings. The van der Waals surface area contributed by atoms with Crippen LogP contribution in [0.1, 0.15) is 22.3 Å². The second-order valence-corrected chi connectivity index (χ2v) is 8.09. The van der Waals surface area contributed by atoms with E-state index in [-0.39, 0.29) is 11.7 Å². The van der Waals surface area contributed by atoms with Crippen LogP contribution in [0.2, 0.25) is 0 Å². The number of thiazole rings is 1. The van der Waals surface area contributed by atoms with Gasteiger partial charge in [0.2, 0.25) is 5.91 Å². The van der Waals surface area contributed by atoms with Crippen LogP contribution in [-0.2, 0) is 4.79 Å². The first-order valence-corrected chi connectivity index (χ1v) is 10.9. The summed E-state index contributed by atoms with van der Waals surface area (Å²) in [4.78, 5) is 34.4. The van der Waals surface area contributed by atoms with E-state index in [0.29, 0.717) is 23.4 Å². The van der Waals surface area contributed by atoms with Crippen molar-refractivity contribution in [3.05, 3.63) is 77.3 Å². The van der Waals surface area contributed by atoms with Crippen LogP contribution in [0.15, 0.2) is 66.2 Å². The van der Waals surface area contributed by atoms with E-state index in [0.717, 1.165) is 37.7 Å². The number of para-hydroxylation sites is 1. The molecule has 1 amide bonds. The Labute approximate surface area is 180 Å². The third-order valence-electron chi connectivity index (χ3n) is 5.13.